The third kappa shape index (κ3) is 2.81. The molecule has 0 saturated carbocycles. The molecule has 0 N–H and O–H groups in total. The topological polar surface area (TPSA) is 32.3 Å². The maximum absolute atomic E-state index is 13.4. The molecule has 1 aliphatic rings. The van der Waals surface area contributed by atoms with E-state index in [4.69, 9.17) is 4.98 Å². The second-order valence-electron chi connectivity index (χ2n) is 6.55. The van der Waals surface area contributed by atoms with Crippen LogP contribution in [0.4, 0.5) is 14.7 Å². The van der Waals surface area contributed by atoms with Crippen LogP contribution in [-0.4, -0.2) is 36.1 Å². The summed E-state index contributed by atoms with van der Waals surface area (Å²) in [7, 11) is 0. The van der Waals surface area contributed by atoms with Crippen molar-refractivity contribution in [2.45, 2.75) is 6.92 Å². The van der Waals surface area contributed by atoms with Gasteiger partial charge in [-0.3, -0.25) is 0 Å². The Bertz CT molecular complexity index is 1010. The molecule has 0 bridgehead atoms. The van der Waals surface area contributed by atoms with Gasteiger partial charge in [-0.25, -0.2) is 14.4 Å². The van der Waals surface area contributed by atoms with Crippen molar-refractivity contribution in [2.75, 3.05) is 36.0 Å². The number of benzene rings is 2. The zero-order valence-corrected chi connectivity index (χ0v) is 15.9. The Labute approximate surface area is 158 Å². The lowest BCUT2D eigenvalue weighted by molar-refractivity contribution is 0.630. The van der Waals surface area contributed by atoms with Crippen LogP contribution < -0.4 is 9.80 Å². The van der Waals surface area contributed by atoms with Crippen LogP contribution in [0.5, 0.6) is 0 Å². The van der Waals surface area contributed by atoms with Crippen LogP contribution >= 0.6 is 22.7 Å². The lowest BCUT2D eigenvalue weighted by atomic mass is 10.2. The Morgan fingerprint density at radius 1 is 0.808 bits per heavy atom. The largest absolute Gasteiger partial charge is 0.345 e. The minimum atomic E-state index is -0.205. The van der Waals surface area contributed by atoms with Gasteiger partial charge in [0, 0.05) is 26.2 Å². The number of anilines is 2. The normalized spacial score (nSPS) is 15.3. The first-order chi connectivity index (χ1) is 12.7. The van der Waals surface area contributed by atoms with E-state index in [1.165, 1.54) is 16.3 Å². The number of rotatable bonds is 2. The van der Waals surface area contributed by atoms with Gasteiger partial charge >= 0.3 is 0 Å². The molecule has 1 fully saturated rings. The van der Waals surface area contributed by atoms with E-state index in [1.54, 1.807) is 34.8 Å². The lowest BCUT2D eigenvalue weighted by Gasteiger charge is -2.34. The second kappa shape index (κ2) is 6.17. The number of thiazole rings is 2. The van der Waals surface area contributed by atoms with Gasteiger partial charge in [-0.1, -0.05) is 28.7 Å². The van der Waals surface area contributed by atoms with E-state index in [0.717, 1.165) is 52.2 Å². The average Bonchev–Trinajstić information content (AvgIpc) is 3.25. The summed E-state index contributed by atoms with van der Waals surface area (Å²) in [6, 6.07) is 11.2. The van der Waals surface area contributed by atoms with E-state index in [9.17, 15) is 4.39 Å². The van der Waals surface area contributed by atoms with Gasteiger partial charge in [0.15, 0.2) is 10.3 Å². The maximum Gasteiger partial charge on any atom is 0.186 e. The molecule has 1 aliphatic heterocycles. The van der Waals surface area contributed by atoms with E-state index in [0.29, 0.717) is 0 Å². The SMILES string of the molecule is Cc1ccc2nc(N3CCN(c4nc5ccc(F)cc5s4)CC3)sc2c1. The number of nitrogens with zero attached hydrogens (tertiary/aromatic N) is 4. The Kier molecular flexibility index (Phi) is 3.79. The molecule has 7 heteroatoms. The minimum absolute atomic E-state index is 0.205. The monoisotopic (exact) mass is 384 g/mol. The van der Waals surface area contributed by atoms with Crippen molar-refractivity contribution in [1.82, 2.24) is 9.97 Å². The zero-order valence-electron chi connectivity index (χ0n) is 14.3. The van der Waals surface area contributed by atoms with Crippen molar-refractivity contribution < 1.29 is 4.39 Å². The lowest BCUT2D eigenvalue weighted by Crippen LogP contribution is -2.46. The number of halogens is 1. The Morgan fingerprint density at radius 3 is 1.96 bits per heavy atom. The van der Waals surface area contributed by atoms with Crippen LogP contribution in [0.25, 0.3) is 20.4 Å². The number of aryl methyl sites for hydroxylation is 1. The molecule has 2 aromatic heterocycles. The van der Waals surface area contributed by atoms with E-state index in [2.05, 4.69) is 39.9 Å². The van der Waals surface area contributed by atoms with Crippen molar-refractivity contribution in [3.05, 3.63) is 47.8 Å². The highest BCUT2D eigenvalue weighted by Crippen LogP contribution is 2.33. The summed E-state index contributed by atoms with van der Waals surface area (Å²) < 4.78 is 15.5. The highest BCUT2D eigenvalue weighted by molar-refractivity contribution is 7.22. The zero-order chi connectivity index (χ0) is 17.7. The van der Waals surface area contributed by atoms with Gasteiger partial charge in [-0.2, -0.15) is 0 Å². The van der Waals surface area contributed by atoms with Crippen molar-refractivity contribution in [2.24, 2.45) is 0 Å². The molecule has 4 nitrogen and oxygen atoms in total. The molecule has 0 spiro atoms. The van der Waals surface area contributed by atoms with Crippen molar-refractivity contribution >= 4 is 53.4 Å². The maximum atomic E-state index is 13.4. The van der Waals surface area contributed by atoms with Crippen LogP contribution in [0.2, 0.25) is 0 Å². The van der Waals surface area contributed by atoms with Gasteiger partial charge in [0.25, 0.3) is 0 Å². The van der Waals surface area contributed by atoms with Crippen molar-refractivity contribution in [1.29, 1.82) is 0 Å². The molecule has 0 amide bonds. The minimum Gasteiger partial charge on any atom is -0.345 e. The molecule has 0 atom stereocenters. The van der Waals surface area contributed by atoms with Crippen molar-refractivity contribution in [3.8, 4) is 0 Å². The number of hydrogen-bond donors (Lipinski definition) is 0. The van der Waals surface area contributed by atoms with Gasteiger partial charge in [-0.05, 0) is 42.8 Å². The van der Waals surface area contributed by atoms with Crippen LogP contribution in [0, 0.1) is 12.7 Å². The van der Waals surface area contributed by atoms with E-state index >= 15 is 0 Å². The van der Waals surface area contributed by atoms with Crippen LogP contribution in [0.1, 0.15) is 5.56 Å². The predicted molar refractivity (Wildman–Crippen MR) is 108 cm³/mol. The smallest absolute Gasteiger partial charge is 0.186 e. The first kappa shape index (κ1) is 16.0. The third-order valence-electron chi connectivity index (χ3n) is 4.69. The molecule has 132 valence electrons. The third-order valence-corrected chi connectivity index (χ3v) is 6.85. The van der Waals surface area contributed by atoms with Crippen LogP contribution in [-0.2, 0) is 0 Å². The Balaban J connectivity index is 1.34. The molecule has 3 heterocycles. The van der Waals surface area contributed by atoms with Gasteiger partial charge in [0.1, 0.15) is 5.82 Å². The summed E-state index contributed by atoms with van der Waals surface area (Å²) >= 11 is 3.33. The fraction of sp³-hybridized carbons (Fsp3) is 0.263. The molecule has 5 rings (SSSR count). The van der Waals surface area contributed by atoms with Gasteiger partial charge in [-0.15, -0.1) is 0 Å². The first-order valence-corrected chi connectivity index (χ1v) is 10.2. The summed E-state index contributed by atoms with van der Waals surface area (Å²) in [4.78, 5) is 14.1. The van der Waals surface area contributed by atoms with Gasteiger partial charge < -0.3 is 9.80 Å². The van der Waals surface area contributed by atoms with E-state index in [-0.39, 0.29) is 5.82 Å². The fourth-order valence-corrected chi connectivity index (χ4v) is 5.42. The molecule has 26 heavy (non-hydrogen) atoms. The fourth-order valence-electron chi connectivity index (χ4n) is 3.27. The predicted octanol–water partition coefficient (Wildman–Crippen LogP) is 4.68. The molecule has 1 saturated heterocycles. The number of piperazine rings is 1. The van der Waals surface area contributed by atoms with E-state index in [1.807, 2.05) is 0 Å². The first-order valence-electron chi connectivity index (χ1n) is 8.59. The van der Waals surface area contributed by atoms with Gasteiger partial charge in [0.2, 0.25) is 0 Å². The number of aromatic nitrogens is 2. The standard InChI is InChI=1S/C19H17FN4S2/c1-12-2-4-14-16(10-12)25-18(21-14)23-6-8-24(9-7-23)19-22-15-5-3-13(20)11-17(15)26-19/h2-5,10-11H,6-9H2,1H3. The number of fused-ring (bicyclic) bond motifs is 2. The molecule has 0 unspecified atom stereocenters. The van der Waals surface area contributed by atoms with Crippen LogP contribution in [0.3, 0.4) is 0 Å². The average molecular weight is 385 g/mol. The molecule has 4 aromatic rings. The highest BCUT2D eigenvalue weighted by Gasteiger charge is 2.22. The molecule has 0 radical (unpaired) electrons. The summed E-state index contributed by atoms with van der Waals surface area (Å²) in [5.41, 5.74) is 3.21. The van der Waals surface area contributed by atoms with E-state index < -0.39 is 0 Å². The molecular weight excluding hydrogens is 367 g/mol. The summed E-state index contributed by atoms with van der Waals surface area (Å²) in [6.07, 6.45) is 0. The van der Waals surface area contributed by atoms with Crippen LogP contribution in [0.15, 0.2) is 36.4 Å². The number of hydrogen-bond acceptors (Lipinski definition) is 6. The Morgan fingerprint density at radius 2 is 1.35 bits per heavy atom. The van der Waals surface area contributed by atoms with Crippen molar-refractivity contribution in [3.63, 3.8) is 0 Å². The highest BCUT2D eigenvalue weighted by atomic mass is 32.1. The summed E-state index contributed by atoms with van der Waals surface area (Å²) in [5.74, 6) is -0.205. The molecule has 2 aromatic carbocycles. The second-order valence-corrected chi connectivity index (χ2v) is 8.57. The quantitative estimate of drug-likeness (QED) is 0.502. The molecular formula is C19H17FN4S2. The summed E-state index contributed by atoms with van der Waals surface area (Å²) in [5, 5.41) is 2.07. The Hall–Kier alpha value is -2.25. The van der Waals surface area contributed by atoms with Gasteiger partial charge in [0.05, 0.1) is 20.4 Å². The molecule has 0 aliphatic carbocycles. The summed E-state index contributed by atoms with van der Waals surface area (Å²) in [6.45, 7) is 5.75.